The van der Waals surface area contributed by atoms with Crippen molar-refractivity contribution in [3.63, 3.8) is 0 Å². The van der Waals surface area contributed by atoms with Crippen molar-refractivity contribution in [2.24, 2.45) is 5.16 Å². The minimum Gasteiger partial charge on any atom is -0.494 e. The van der Waals surface area contributed by atoms with Gasteiger partial charge in [0.2, 0.25) is 0 Å². The van der Waals surface area contributed by atoms with Gasteiger partial charge in [-0.3, -0.25) is 0 Å². The quantitative estimate of drug-likeness (QED) is 0.322. The van der Waals surface area contributed by atoms with Gasteiger partial charge in [-0.2, -0.15) is 0 Å². The molecule has 1 heterocycles. The van der Waals surface area contributed by atoms with E-state index in [4.69, 9.17) is 9.94 Å². The number of imidazole rings is 1. The third kappa shape index (κ3) is 5.24. The van der Waals surface area contributed by atoms with Crippen molar-refractivity contribution in [3.8, 4) is 5.75 Å². The van der Waals surface area contributed by atoms with E-state index in [9.17, 15) is 0 Å². The van der Waals surface area contributed by atoms with Gasteiger partial charge in [0, 0.05) is 18.3 Å². The fourth-order valence-electron chi connectivity index (χ4n) is 2.28. The van der Waals surface area contributed by atoms with Crippen molar-refractivity contribution in [1.29, 1.82) is 0 Å². The lowest BCUT2D eigenvalue weighted by atomic mass is 10.1. The number of nitrogens with zero attached hydrogens (tertiary/aromatic N) is 2. The molecule has 0 atom stereocenters. The number of benzene rings is 1. The summed E-state index contributed by atoms with van der Waals surface area (Å²) in [6, 6.07) is 7.97. The summed E-state index contributed by atoms with van der Waals surface area (Å²) in [6.45, 7) is 2.75. The van der Waals surface area contributed by atoms with E-state index < -0.39 is 0 Å². The summed E-state index contributed by atoms with van der Waals surface area (Å²) < 4.78 is 5.72. The molecule has 0 bridgehead atoms. The van der Waals surface area contributed by atoms with Gasteiger partial charge >= 0.3 is 0 Å². The van der Waals surface area contributed by atoms with Gasteiger partial charge in [-0.05, 0) is 37.0 Å². The van der Waals surface area contributed by atoms with Crippen LogP contribution in [0, 0.1) is 0 Å². The summed E-state index contributed by atoms with van der Waals surface area (Å²) in [6.07, 6.45) is 7.90. The maximum atomic E-state index is 8.95. The molecule has 5 nitrogen and oxygen atoms in total. The Hall–Kier alpha value is -2.30. The maximum absolute atomic E-state index is 8.95. The lowest BCUT2D eigenvalue weighted by Crippen LogP contribution is -2.03. The van der Waals surface area contributed by atoms with Crippen LogP contribution in [0.25, 0.3) is 0 Å². The first-order valence-corrected chi connectivity index (χ1v) is 7.70. The van der Waals surface area contributed by atoms with Crippen LogP contribution in [0.4, 0.5) is 0 Å². The van der Waals surface area contributed by atoms with Crippen LogP contribution in [-0.2, 0) is 12.8 Å². The molecule has 0 fully saturated rings. The highest BCUT2D eigenvalue weighted by atomic mass is 16.5. The summed E-state index contributed by atoms with van der Waals surface area (Å²) in [5.74, 6) is 0.867. The van der Waals surface area contributed by atoms with Crippen LogP contribution in [0.3, 0.4) is 0 Å². The van der Waals surface area contributed by atoms with E-state index in [1.54, 1.807) is 6.33 Å². The molecule has 0 aliphatic rings. The lowest BCUT2D eigenvalue weighted by molar-refractivity contribution is 0.310. The first-order valence-electron chi connectivity index (χ1n) is 7.70. The molecule has 22 heavy (non-hydrogen) atoms. The second-order valence-electron chi connectivity index (χ2n) is 5.27. The average molecular weight is 301 g/mol. The van der Waals surface area contributed by atoms with Crippen LogP contribution in [0.2, 0.25) is 0 Å². The Kier molecular flexibility index (Phi) is 6.48. The summed E-state index contributed by atoms with van der Waals surface area (Å²) >= 11 is 0. The van der Waals surface area contributed by atoms with Crippen molar-refractivity contribution < 1.29 is 9.94 Å². The molecule has 0 aliphatic carbocycles. The van der Waals surface area contributed by atoms with Crippen molar-refractivity contribution in [3.05, 3.63) is 48.0 Å². The largest absolute Gasteiger partial charge is 0.494 e. The van der Waals surface area contributed by atoms with Crippen LogP contribution in [0.15, 0.2) is 41.9 Å². The lowest BCUT2D eigenvalue weighted by Gasteiger charge is -2.07. The monoisotopic (exact) mass is 301 g/mol. The Bertz CT molecular complexity index is 562. The van der Waals surface area contributed by atoms with Gasteiger partial charge in [0.1, 0.15) is 5.75 Å². The highest BCUT2D eigenvalue weighted by Gasteiger charge is 2.02. The number of nitrogens with one attached hydrogen (secondary N) is 1. The number of ether oxygens (including phenoxy) is 1. The topological polar surface area (TPSA) is 70.5 Å². The number of aryl methyl sites for hydroxylation is 1. The van der Waals surface area contributed by atoms with Gasteiger partial charge in [0.15, 0.2) is 0 Å². The molecule has 0 saturated carbocycles. The van der Waals surface area contributed by atoms with E-state index in [-0.39, 0.29) is 0 Å². The van der Waals surface area contributed by atoms with Crippen molar-refractivity contribution in [1.82, 2.24) is 9.97 Å². The molecule has 0 saturated heterocycles. The Balaban J connectivity index is 1.74. The van der Waals surface area contributed by atoms with Crippen LogP contribution in [-0.4, -0.2) is 27.5 Å². The molecule has 0 unspecified atom stereocenters. The van der Waals surface area contributed by atoms with E-state index in [0.29, 0.717) is 13.0 Å². The fraction of sp³-hybridized carbons (Fsp3) is 0.412. The van der Waals surface area contributed by atoms with Crippen molar-refractivity contribution in [2.75, 3.05) is 6.61 Å². The van der Waals surface area contributed by atoms with Crippen LogP contribution in [0.1, 0.15) is 37.4 Å². The van der Waals surface area contributed by atoms with Crippen LogP contribution < -0.4 is 4.74 Å². The van der Waals surface area contributed by atoms with Gasteiger partial charge < -0.3 is 14.9 Å². The number of rotatable bonds is 9. The van der Waals surface area contributed by atoms with Gasteiger partial charge in [0.25, 0.3) is 0 Å². The Morgan fingerprint density at radius 2 is 2.14 bits per heavy atom. The fourth-order valence-corrected chi connectivity index (χ4v) is 2.28. The van der Waals surface area contributed by atoms with E-state index in [1.807, 2.05) is 30.5 Å². The second-order valence-corrected chi connectivity index (χ2v) is 5.27. The standard InChI is InChI=1S/C17H23N3O2/c1-2-4-15(20-21)11-14-6-8-17(9-7-14)22-10-3-5-16-12-18-13-19-16/h6-9,12-13,21H,2-5,10-11H2,1H3,(H,18,19)/b20-15+. The molecular weight excluding hydrogens is 278 g/mol. The van der Waals surface area contributed by atoms with E-state index in [2.05, 4.69) is 22.0 Å². The third-order valence-electron chi connectivity index (χ3n) is 3.43. The molecule has 2 N–H and O–H groups in total. The van der Waals surface area contributed by atoms with E-state index in [1.165, 1.54) is 0 Å². The first-order chi connectivity index (χ1) is 10.8. The number of aromatic nitrogens is 2. The van der Waals surface area contributed by atoms with Crippen molar-refractivity contribution >= 4 is 5.71 Å². The molecular formula is C17H23N3O2. The molecule has 1 aromatic carbocycles. The molecule has 118 valence electrons. The normalized spacial score (nSPS) is 11.6. The number of oxime groups is 1. The SMILES string of the molecule is CCC/C(Cc1ccc(OCCCc2cnc[nH]2)cc1)=N\O. The zero-order valence-electron chi connectivity index (χ0n) is 13.0. The Morgan fingerprint density at radius 1 is 1.32 bits per heavy atom. The van der Waals surface area contributed by atoms with Crippen LogP contribution in [0.5, 0.6) is 5.75 Å². The Morgan fingerprint density at radius 3 is 2.77 bits per heavy atom. The number of H-pyrrole nitrogens is 1. The summed E-state index contributed by atoms with van der Waals surface area (Å²) in [4.78, 5) is 7.07. The van der Waals surface area contributed by atoms with Crippen LogP contribution >= 0.6 is 0 Å². The molecule has 1 aromatic heterocycles. The molecule has 0 aliphatic heterocycles. The average Bonchev–Trinajstić information content (AvgIpc) is 3.06. The minimum absolute atomic E-state index is 0.678. The molecule has 0 amide bonds. The molecule has 5 heteroatoms. The van der Waals surface area contributed by atoms with Gasteiger partial charge in [-0.25, -0.2) is 4.98 Å². The highest BCUT2D eigenvalue weighted by molar-refractivity contribution is 5.85. The summed E-state index contributed by atoms with van der Waals surface area (Å²) in [5, 5.41) is 12.3. The predicted molar refractivity (Wildman–Crippen MR) is 86.7 cm³/mol. The Labute approximate surface area is 131 Å². The zero-order chi connectivity index (χ0) is 15.6. The van der Waals surface area contributed by atoms with Gasteiger partial charge in [0.05, 0.1) is 18.6 Å². The smallest absolute Gasteiger partial charge is 0.119 e. The number of hydrogen-bond acceptors (Lipinski definition) is 4. The second kappa shape index (κ2) is 8.87. The first kappa shape index (κ1) is 16.1. The van der Waals surface area contributed by atoms with Gasteiger partial charge in [-0.15, -0.1) is 0 Å². The van der Waals surface area contributed by atoms with E-state index >= 15 is 0 Å². The predicted octanol–water partition coefficient (Wildman–Crippen LogP) is 3.59. The van der Waals surface area contributed by atoms with E-state index in [0.717, 1.165) is 48.4 Å². The summed E-state index contributed by atoms with van der Waals surface area (Å²) in [7, 11) is 0. The molecule has 0 spiro atoms. The number of hydrogen-bond donors (Lipinski definition) is 2. The minimum atomic E-state index is 0.678. The molecule has 0 radical (unpaired) electrons. The molecule has 2 rings (SSSR count). The highest BCUT2D eigenvalue weighted by Crippen LogP contribution is 2.14. The van der Waals surface area contributed by atoms with Crippen molar-refractivity contribution in [2.45, 2.75) is 39.0 Å². The molecule has 2 aromatic rings. The third-order valence-corrected chi connectivity index (χ3v) is 3.43. The summed E-state index contributed by atoms with van der Waals surface area (Å²) in [5.41, 5.74) is 3.08. The number of aromatic amines is 1. The van der Waals surface area contributed by atoms with Gasteiger partial charge in [-0.1, -0.05) is 30.6 Å². The zero-order valence-corrected chi connectivity index (χ0v) is 13.0. The maximum Gasteiger partial charge on any atom is 0.119 e.